The smallest absolute Gasteiger partial charge is 0.277 e. The molecule has 1 saturated carbocycles. The minimum absolute atomic E-state index is 0.0120. The predicted octanol–water partition coefficient (Wildman–Crippen LogP) is 3.12. The fourth-order valence-electron chi connectivity index (χ4n) is 7.24. The maximum absolute atomic E-state index is 13.2. The number of rotatable bonds is 22. The molecule has 2 aliphatic heterocycles. The predicted molar refractivity (Wildman–Crippen MR) is 231 cm³/mol. The SMILES string of the molecule is NC(=O)c1nn(-c2ccc(CNCCOCCCOCCNc3cccc4c3C(=O)N(C3CCC(=O)NC3=O)C4=O)cc2)cc1NC(=O)c1coc(-c2ccnc(NCC3CC3)c2)n1. The number of hydrogen-bond acceptors (Lipinski definition) is 15. The minimum atomic E-state index is -1.02. The number of aromatic nitrogens is 4. The molecule has 6 amide bonds. The molecule has 3 aliphatic rings. The van der Waals surface area contributed by atoms with Crippen molar-refractivity contribution >= 4 is 52.6 Å². The molecule has 1 unspecified atom stereocenters. The number of anilines is 3. The van der Waals surface area contributed by atoms with Gasteiger partial charge in [0.2, 0.25) is 17.7 Å². The molecule has 2 fully saturated rings. The molecule has 0 radical (unpaired) electrons. The first-order chi connectivity index (χ1) is 31.1. The van der Waals surface area contributed by atoms with Gasteiger partial charge in [0.25, 0.3) is 23.6 Å². The maximum atomic E-state index is 13.2. The summed E-state index contributed by atoms with van der Waals surface area (Å²) in [5, 5.41) is 19.0. The second kappa shape index (κ2) is 19.8. The summed E-state index contributed by atoms with van der Waals surface area (Å²) in [5.74, 6) is -1.98. The number of amides is 6. The molecular weight excluding hydrogens is 827 g/mol. The molecule has 3 aromatic heterocycles. The van der Waals surface area contributed by atoms with Crippen LogP contribution in [-0.2, 0) is 25.6 Å². The lowest BCUT2D eigenvalue weighted by molar-refractivity contribution is -0.136. The maximum Gasteiger partial charge on any atom is 0.277 e. The second-order valence-electron chi connectivity index (χ2n) is 15.5. The summed E-state index contributed by atoms with van der Waals surface area (Å²) in [6.07, 6.45) is 7.66. The molecular formula is C44H47N11O9. The van der Waals surface area contributed by atoms with Crippen molar-refractivity contribution in [1.29, 1.82) is 0 Å². The van der Waals surface area contributed by atoms with Gasteiger partial charge in [-0.2, -0.15) is 5.10 Å². The first-order valence-electron chi connectivity index (χ1n) is 21.0. The highest BCUT2D eigenvalue weighted by molar-refractivity contribution is 6.25. The van der Waals surface area contributed by atoms with Crippen LogP contribution in [-0.4, -0.2) is 112 Å². The average Bonchev–Trinajstić information content (AvgIpc) is 3.70. The van der Waals surface area contributed by atoms with Gasteiger partial charge in [-0.15, -0.1) is 0 Å². The van der Waals surface area contributed by atoms with Crippen molar-refractivity contribution in [3.8, 4) is 17.1 Å². The van der Waals surface area contributed by atoms with E-state index in [4.69, 9.17) is 19.6 Å². The minimum Gasteiger partial charge on any atom is -0.444 e. The molecule has 20 nitrogen and oxygen atoms in total. The highest BCUT2D eigenvalue weighted by Crippen LogP contribution is 2.33. The van der Waals surface area contributed by atoms with Crippen LogP contribution in [0.1, 0.15) is 79.4 Å². The van der Waals surface area contributed by atoms with E-state index in [9.17, 15) is 28.8 Å². The second-order valence-corrected chi connectivity index (χ2v) is 15.5. The van der Waals surface area contributed by atoms with Gasteiger partial charge in [0.1, 0.15) is 18.1 Å². The van der Waals surface area contributed by atoms with Crippen molar-refractivity contribution in [2.75, 3.05) is 62.0 Å². The van der Waals surface area contributed by atoms with E-state index >= 15 is 0 Å². The van der Waals surface area contributed by atoms with Crippen molar-refractivity contribution in [3.63, 3.8) is 0 Å². The van der Waals surface area contributed by atoms with Gasteiger partial charge in [-0.3, -0.25) is 39.0 Å². The normalized spacial score (nSPS) is 15.9. The lowest BCUT2D eigenvalue weighted by atomic mass is 10.0. The van der Waals surface area contributed by atoms with E-state index in [0.29, 0.717) is 81.2 Å². The number of ether oxygens (including phenoxy) is 2. The Morgan fingerprint density at radius 2 is 1.70 bits per heavy atom. The molecule has 1 aliphatic carbocycles. The van der Waals surface area contributed by atoms with Crippen molar-refractivity contribution < 1.29 is 42.7 Å². The van der Waals surface area contributed by atoms with Crippen molar-refractivity contribution in [1.82, 2.24) is 35.3 Å². The first kappa shape index (κ1) is 43.4. The molecule has 1 saturated heterocycles. The van der Waals surface area contributed by atoms with Gasteiger partial charge in [-0.1, -0.05) is 18.2 Å². The third-order valence-electron chi connectivity index (χ3n) is 10.8. The lowest BCUT2D eigenvalue weighted by Crippen LogP contribution is -2.54. The molecule has 332 valence electrons. The van der Waals surface area contributed by atoms with Crippen LogP contribution in [0.15, 0.2) is 77.7 Å². The molecule has 5 heterocycles. The van der Waals surface area contributed by atoms with E-state index in [-0.39, 0.29) is 46.9 Å². The largest absolute Gasteiger partial charge is 0.444 e. The molecule has 8 rings (SSSR count). The summed E-state index contributed by atoms with van der Waals surface area (Å²) in [4.78, 5) is 85.3. The number of piperidine rings is 1. The molecule has 0 bridgehead atoms. The van der Waals surface area contributed by atoms with E-state index in [1.807, 2.05) is 30.3 Å². The quantitative estimate of drug-likeness (QED) is 0.0431. The van der Waals surface area contributed by atoms with Crippen LogP contribution in [0.25, 0.3) is 17.1 Å². The number of fused-ring (bicyclic) bond motifs is 1. The van der Waals surface area contributed by atoms with Gasteiger partial charge in [0.15, 0.2) is 11.4 Å². The number of primary amides is 1. The van der Waals surface area contributed by atoms with Crippen LogP contribution >= 0.6 is 0 Å². The Kier molecular flexibility index (Phi) is 13.4. The van der Waals surface area contributed by atoms with Gasteiger partial charge in [0, 0.05) is 63.3 Å². The standard InChI is InChI=1S/C44H47N11O9/c45-39(57)38-32(50-40(58)33-25-64-42(51-33)28-13-14-48-35(21-28)49-23-27-5-6-27)24-54(53-38)29-9-7-26(8-10-29)22-46-15-19-62-17-2-18-63-20-16-47-31-4-1-3-30-37(31)44(61)55(43(30)60)34-11-12-36(56)52-41(34)59/h1,3-4,7-10,13-14,21,24-25,27,34,46-47H,2,5-6,11-12,15-20,22-23H2,(H2,45,57)(H,48,49)(H,50,58)(H,52,56,59). The Morgan fingerprint density at radius 3 is 2.47 bits per heavy atom. The zero-order valence-corrected chi connectivity index (χ0v) is 34.8. The van der Waals surface area contributed by atoms with E-state index in [1.54, 1.807) is 30.5 Å². The third-order valence-corrected chi connectivity index (χ3v) is 10.8. The number of hydrogen-bond donors (Lipinski definition) is 6. The monoisotopic (exact) mass is 873 g/mol. The van der Waals surface area contributed by atoms with Crippen LogP contribution in [0, 0.1) is 5.92 Å². The highest BCUT2D eigenvalue weighted by Gasteiger charge is 2.45. The van der Waals surface area contributed by atoms with E-state index in [0.717, 1.165) is 17.0 Å². The van der Waals surface area contributed by atoms with E-state index < -0.39 is 41.5 Å². The van der Waals surface area contributed by atoms with Gasteiger partial charge >= 0.3 is 0 Å². The fraction of sp³-hybridized carbons (Fsp3) is 0.341. The van der Waals surface area contributed by atoms with Crippen molar-refractivity contribution in [2.24, 2.45) is 11.7 Å². The zero-order valence-electron chi connectivity index (χ0n) is 34.8. The lowest BCUT2D eigenvalue weighted by Gasteiger charge is -2.27. The Balaban J connectivity index is 0.714. The van der Waals surface area contributed by atoms with Crippen LogP contribution in [0.2, 0.25) is 0 Å². The fourth-order valence-corrected chi connectivity index (χ4v) is 7.24. The Morgan fingerprint density at radius 1 is 0.906 bits per heavy atom. The Labute approximate surface area is 366 Å². The van der Waals surface area contributed by atoms with Gasteiger partial charge < -0.3 is 40.9 Å². The summed E-state index contributed by atoms with van der Waals surface area (Å²) in [6.45, 7) is 4.27. The summed E-state index contributed by atoms with van der Waals surface area (Å²) < 4.78 is 18.5. The van der Waals surface area contributed by atoms with Crippen LogP contribution in [0.5, 0.6) is 0 Å². The molecule has 20 heteroatoms. The number of nitrogens with one attached hydrogen (secondary N) is 5. The highest BCUT2D eigenvalue weighted by atomic mass is 16.5. The molecule has 5 aromatic rings. The van der Waals surface area contributed by atoms with E-state index in [2.05, 4.69) is 41.7 Å². The topological polar surface area (TPSA) is 267 Å². The third kappa shape index (κ3) is 10.3. The number of pyridine rings is 1. The van der Waals surface area contributed by atoms with Gasteiger partial charge in [0.05, 0.1) is 41.9 Å². The number of oxazole rings is 1. The summed E-state index contributed by atoms with van der Waals surface area (Å²) in [5.41, 5.74) is 8.84. The summed E-state index contributed by atoms with van der Waals surface area (Å²) in [6, 6.07) is 15.0. The van der Waals surface area contributed by atoms with Crippen molar-refractivity contribution in [3.05, 3.63) is 101 Å². The molecule has 1 atom stereocenters. The van der Waals surface area contributed by atoms with E-state index in [1.165, 1.54) is 30.0 Å². The zero-order chi connectivity index (χ0) is 44.6. The van der Waals surface area contributed by atoms with Crippen LogP contribution in [0.3, 0.4) is 0 Å². The van der Waals surface area contributed by atoms with Crippen molar-refractivity contribution in [2.45, 2.75) is 44.7 Å². The molecule has 2 aromatic carbocycles. The molecule has 7 N–H and O–H groups in total. The van der Waals surface area contributed by atoms with Gasteiger partial charge in [-0.25, -0.2) is 14.6 Å². The number of nitrogens with two attached hydrogens (primary N) is 1. The number of imide groups is 2. The van der Waals surface area contributed by atoms with Crippen LogP contribution < -0.4 is 32.3 Å². The van der Waals surface area contributed by atoms with Gasteiger partial charge in [-0.05, 0) is 73.6 Å². The molecule has 64 heavy (non-hydrogen) atoms. The number of benzene rings is 2. The number of carbonyl (C=O) groups excluding carboxylic acids is 6. The number of nitrogens with zero attached hydrogens (tertiary/aromatic N) is 5. The summed E-state index contributed by atoms with van der Waals surface area (Å²) >= 11 is 0. The Bertz CT molecular complexity index is 2550. The summed E-state index contributed by atoms with van der Waals surface area (Å²) in [7, 11) is 0. The first-order valence-corrected chi connectivity index (χ1v) is 21.0. The Hall–Kier alpha value is -7.29. The number of carbonyl (C=O) groups is 6. The average molecular weight is 874 g/mol. The van der Waals surface area contributed by atoms with Crippen LogP contribution in [0.4, 0.5) is 17.2 Å². The molecule has 0 spiro atoms.